The molecule has 1 fully saturated rings. The minimum atomic E-state index is -0.802. The van der Waals surface area contributed by atoms with Gasteiger partial charge in [-0.3, -0.25) is 10.3 Å². The van der Waals surface area contributed by atoms with E-state index in [0.29, 0.717) is 12.7 Å². The van der Waals surface area contributed by atoms with Crippen molar-refractivity contribution in [2.45, 2.75) is 45.6 Å². The van der Waals surface area contributed by atoms with Gasteiger partial charge in [-0.2, -0.15) is 0 Å². The molecule has 1 saturated carbocycles. The van der Waals surface area contributed by atoms with E-state index in [2.05, 4.69) is 5.48 Å². The van der Waals surface area contributed by atoms with Crippen LogP contribution in [0.25, 0.3) is 0 Å². The fourth-order valence-corrected chi connectivity index (χ4v) is 2.13. The van der Waals surface area contributed by atoms with E-state index in [9.17, 15) is 5.02 Å². The minimum absolute atomic E-state index is 0.340. The third-order valence-corrected chi connectivity index (χ3v) is 3.45. The highest BCUT2D eigenvalue weighted by molar-refractivity contribution is 6.61. The Labute approximate surface area is 115 Å². The highest BCUT2D eigenvalue weighted by atomic mass is 16.7. The van der Waals surface area contributed by atoms with Crippen molar-refractivity contribution in [2.75, 3.05) is 12.1 Å². The monoisotopic (exact) mass is 263 g/mol. The van der Waals surface area contributed by atoms with Crippen molar-refractivity contribution in [3.8, 4) is 0 Å². The zero-order chi connectivity index (χ0) is 13.7. The number of rotatable bonds is 3. The molecule has 0 bridgehead atoms. The topological polar surface area (TPSA) is 50.7 Å². The molecule has 1 aliphatic carbocycles. The Bertz CT molecular complexity index is 410. The molecular formula is C14H22BNO3. The van der Waals surface area contributed by atoms with Crippen LogP contribution in [0.1, 0.15) is 38.7 Å². The lowest BCUT2D eigenvalue weighted by atomic mass is 9.73. The smallest absolute Gasteiger partial charge is 0.423 e. The van der Waals surface area contributed by atoms with E-state index >= 15 is 0 Å². The maximum absolute atomic E-state index is 9.73. The standard InChI is InChI=1S/C12H16BNO3.C2H6/c15-13-12-8-10(14-17-11-2-1-3-11)5-4-9(12)6-7-16-13;1-2/h4-5,8,11,14-15H,1-3,6-7H2;1-2H3. The predicted octanol–water partition coefficient (Wildman–Crippen LogP) is 1.87. The highest BCUT2D eigenvalue weighted by Crippen LogP contribution is 2.22. The fourth-order valence-electron chi connectivity index (χ4n) is 2.13. The molecule has 104 valence electrons. The van der Waals surface area contributed by atoms with Crippen LogP contribution in [0.15, 0.2) is 18.2 Å². The Morgan fingerprint density at radius 3 is 2.84 bits per heavy atom. The second-order valence-electron chi connectivity index (χ2n) is 4.66. The van der Waals surface area contributed by atoms with Crippen molar-refractivity contribution >= 4 is 18.3 Å². The Morgan fingerprint density at radius 2 is 2.16 bits per heavy atom. The maximum atomic E-state index is 9.73. The lowest BCUT2D eigenvalue weighted by molar-refractivity contribution is 0.0392. The zero-order valence-electron chi connectivity index (χ0n) is 11.7. The summed E-state index contributed by atoms with van der Waals surface area (Å²) in [7, 11) is -0.802. The second kappa shape index (κ2) is 6.94. The van der Waals surface area contributed by atoms with Crippen LogP contribution in [0.5, 0.6) is 0 Å². The van der Waals surface area contributed by atoms with Crippen molar-refractivity contribution < 1.29 is 14.5 Å². The molecule has 1 aromatic rings. The van der Waals surface area contributed by atoms with Crippen LogP contribution in [0.4, 0.5) is 5.69 Å². The van der Waals surface area contributed by atoms with Crippen LogP contribution in [0.2, 0.25) is 0 Å². The van der Waals surface area contributed by atoms with Gasteiger partial charge < -0.3 is 9.68 Å². The van der Waals surface area contributed by atoms with Crippen LogP contribution in [0.3, 0.4) is 0 Å². The molecule has 19 heavy (non-hydrogen) atoms. The van der Waals surface area contributed by atoms with Crippen LogP contribution >= 0.6 is 0 Å². The molecule has 3 rings (SSSR count). The Morgan fingerprint density at radius 1 is 1.37 bits per heavy atom. The highest BCUT2D eigenvalue weighted by Gasteiger charge is 2.25. The van der Waals surface area contributed by atoms with Gasteiger partial charge in [0.1, 0.15) is 0 Å². The largest absolute Gasteiger partial charge is 0.491 e. The van der Waals surface area contributed by atoms with Crippen molar-refractivity contribution in [2.24, 2.45) is 0 Å². The van der Waals surface area contributed by atoms with E-state index in [-0.39, 0.29) is 0 Å². The first-order valence-corrected chi connectivity index (χ1v) is 7.17. The number of fused-ring (bicyclic) bond motifs is 1. The normalized spacial score (nSPS) is 17.9. The Balaban J connectivity index is 0.000000637. The maximum Gasteiger partial charge on any atom is 0.491 e. The van der Waals surface area contributed by atoms with E-state index in [1.807, 2.05) is 32.0 Å². The van der Waals surface area contributed by atoms with Gasteiger partial charge in [0.15, 0.2) is 0 Å². The summed E-state index contributed by atoms with van der Waals surface area (Å²) >= 11 is 0. The molecule has 0 aromatic heterocycles. The molecule has 0 radical (unpaired) electrons. The van der Waals surface area contributed by atoms with E-state index in [1.165, 1.54) is 6.42 Å². The average Bonchev–Trinajstić information content (AvgIpc) is 2.40. The average molecular weight is 263 g/mol. The first-order valence-electron chi connectivity index (χ1n) is 7.17. The Hall–Kier alpha value is -1.04. The molecule has 1 aromatic carbocycles. The molecule has 0 spiro atoms. The number of nitrogens with one attached hydrogen (secondary N) is 1. The molecule has 1 aliphatic heterocycles. The van der Waals surface area contributed by atoms with Crippen LogP contribution in [-0.2, 0) is 15.9 Å². The molecule has 2 aliphatic rings. The SMILES string of the molecule is CC.OB1OCCc2ccc(NOC3CCC3)cc21. The number of anilines is 1. The van der Waals surface area contributed by atoms with E-state index in [0.717, 1.165) is 36.0 Å². The number of hydrogen-bond acceptors (Lipinski definition) is 4. The summed E-state index contributed by atoms with van der Waals surface area (Å²) in [6.07, 6.45) is 4.71. The van der Waals surface area contributed by atoms with Crippen molar-refractivity contribution in [1.29, 1.82) is 0 Å². The van der Waals surface area contributed by atoms with Crippen molar-refractivity contribution in [1.82, 2.24) is 0 Å². The molecule has 5 heteroatoms. The summed E-state index contributed by atoms with van der Waals surface area (Å²) in [4.78, 5) is 5.52. The van der Waals surface area contributed by atoms with Crippen molar-refractivity contribution in [3.05, 3.63) is 23.8 Å². The first-order chi connectivity index (χ1) is 9.33. The fraction of sp³-hybridized carbons (Fsp3) is 0.571. The molecule has 0 amide bonds. The molecular weight excluding hydrogens is 241 g/mol. The lowest BCUT2D eigenvalue weighted by Gasteiger charge is -2.26. The summed E-state index contributed by atoms with van der Waals surface area (Å²) in [5.41, 5.74) is 5.82. The van der Waals surface area contributed by atoms with Gasteiger partial charge in [-0.05, 0) is 48.8 Å². The van der Waals surface area contributed by atoms with Crippen LogP contribution in [-0.4, -0.2) is 24.9 Å². The van der Waals surface area contributed by atoms with E-state index in [1.54, 1.807) is 0 Å². The minimum Gasteiger partial charge on any atom is -0.423 e. The van der Waals surface area contributed by atoms with E-state index < -0.39 is 7.12 Å². The number of hydrogen-bond donors (Lipinski definition) is 2. The molecule has 1 heterocycles. The summed E-state index contributed by atoms with van der Waals surface area (Å²) in [5, 5.41) is 9.73. The van der Waals surface area contributed by atoms with Gasteiger partial charge >= 0.3 is 7.12 Å². The van der Waals surface area contributed by atoms with Gasteiger partial charge in [0.25, 0.3) is 0 Å². The first kappa shape index (κ1) is 14.4. The van der Waals surface area contributed by atoms with Gasteiger partial charge in [-0.25, -0.2) is 0 Å². The molecule has 2 N–H and O–H groups in total. The van der Waals surface area contributed by atoms with Gasteiger partial charge in [-0.1, -0.05) is 19.9 Å². The molecule has 0 atom stereocenters. The Kier molecular flexibility index (Phi) is 5.25. The van der Waals surface area contributed by atoms with Gasteiger partial charge in [0.05, 0.1) is 11.8 Å². The number of benzene rings is 1. The summed E-state index contributed by atoms with van der Waals surface area (Å²) < 4.78 is 5.20. The predicted molar refractivity (Wildman–Crippen MR) is 77.4 cm³/mol. The third kappa shape index (κ3) is 3.50. The molecule has 4 nitrogen and oxygen atoms in total. The molecule has 0 saturated heterocycles. The van der Waals surface area contributed by atoms with Gasteiger partial charge in [0.2, 0.25) is 0 Å². The second-order valence-corrected chi connectivity index (χ2v) is 4.66. The van der Waals surface area contributed by atoms with Crippen LogP contribution in [0, 0.1) is 0 Å². The van der Waals surface area contributed by atoms with Gasteiger partial charge in [0, 0.05) is 6.61 Å². The van der Waals surface area contributed by atoms with Crippen LogP contribution < -0.4 is 10.9 Å². The zero-order valence-corrected chi connectivity index (χ0v) is 11.7. The summed E-state index contributed by atoms with van der Waals surface area (Å²) in [6.45, 7) is 4.58. The van der Waals surface area contributed by atoms with E-state index in [4.69, 9.17) is 9.49 Å². The lowest BCUT2D eigenvalue weighted by Crippen LogP contribution is -2.41. The quantitative estimate of drug-likeness (QED) is 0.645. The van der Waals surface area contributed by atoms with Crippen molar-refractivity contribution in [3.63, 3.8) is 0 Å². The molecule has 0 unspecified atom stereocenters. The summed E-state index contributed by atoms with van der Waals surface area (Å²) in [5.74, 6) is 0. The third-order valence-electron chi connectivity index (χ3n) is 3.45. The van der Waals surface area contributed by atoms with Gasteiger partial charge in [-0.15, -0.1) is 0 Å². The summed E-state index contributed by atoms with van der Waals surface area (Å²) in [6, 6.07) is 5.90.